The summed E-state index contributed by atoms with van der Waals surface area (Å²) in [5.74, 6) is 0.660. The lowest BCUT2D eigenvalue weighted by atomic mass is 10.1. The van der Waals surface area contributed by atoms with Gasteiger partial charge in [0.2, 0.25) is 0 Å². The summed E-state index contributed by atoms with van der Waals surface area (Å²) in [6, 6.07) is 0. The Hall–Kier alpha value is -0.0800. The molecule has 2 atom stereocenters. The van der Waals surface area contributed by atoms with E-state index in [2.05, 4.69) is 19.2 Å². The van der Waals surface area contributed by atoms with E-state index in [0.29, 0.717) is 12.1 Å². The highest BCUT2D eigenvalue weighted by Gasteiger charge is 2.19. The quantitative estimate of drug-likeness (QED) is 0.600. The minimum Gasteiger partial charge on any atom is -0.362 e. The second-order valence-corrected chi connectivity index (χ2v) is 2.63. The predicted octanol–water partition coefficient (Wildman–Crippen LogP) is 0.978. The van der Waals surface area contributed by atoms with Crippen LogP contribution in [-0.2, 0) is 4.74 Å². The van der Waals surface area contributed by atoms with Gasteiger partial charge in [-0.3, -0.25) is 5.32 Å². The van der Waals surface area contributed by atoms with E-state index in [9.17, 15) is 0 Å². The molecule has 0 saturated carbocycles. The Kier molecular flexibility index (Phi) is 2.49. The first-order valence-electron chi connectivity index (χ1n) is 3.69. The van der Waals surface area contributed by atoms with Gasteiger partial charge in [0.15, 0.2) is 0 Å². The normalized spacial score (nSPS) is 30.7. The molecule has 0 aromatic rings. The van der Waals surface area contributed by atoms with Gasteiger partial charge in [0.1, 0.15) is 6.23 Å². The molecule has 54 valence electrons. The Bertz CT molecular complexity index is 79.0. The zero-order chi connectivity index (χ0) is 6.69. The molecule has 0 aromatic heterocycles. The smallest absolute Gasteiger partial charge is 0.110 e. The highest BCUT2D eigenvalue weighted by atomic mass is 16.5. The van der Waals surface area contributed by atoms with Crippen LogP contribution < -0.4 is 5.32 Å². The molecule has 2 heteroatoms. The molecule has 0 bridgehead atoms. The van der Waals surface area contributed by atoms with Gasteiger partial charge in [-0.2, -0.15) is 0 Å². The summed E-state index contributed by atoms with van der Waals surface area (Å²) in [7, 11) is 0. The van der Waals surface area contributed by atoms with Crippen molar-refractivity contribution in [3.63, 3.8) is 0 Å². The van der Waals surface area contributed by atoms with Crippen molar-refractivity contribution >= 4 is 0 Å². The topological polar surface area (TPSA) is 21.3 Å². The lowest BCUT2D eigenvalue weighted by molar-refractivity contribution is 0.0572. The lowest BCUT2D eigenvalue weighted by Gasteiger charge is -2.15. The standard InChI is InChI=1S/C7H15NO/c1-3-6(2)7-8-4-5-9-7/h6-8H,3-5H2,1-2H3. The molecule has 1 fully saturated rings. The average molecular weight is 129 g/mol. The zero-order valence-electron chi connectivity index (χ0n) is 6.18. The van der Waals surface area contributed by atoms with E-state index in [-0.39, 0.29) is 0 Å². The second kappa shape index (κ2) is 3.18. The van der Waals surface area contributed by atoms with Crippen LogP contribution in [0, 0.1) is 5.92 Å². The van der Waals surface area contributed by atoms with Crippen molar-refractivity contribution in [3.05, 3.63) is 0 Å². The first-order chi connectivity index (χ1) is 4.34. The van der Waals surface area contributed by atoms with Gasteiger partial charge in [0.05, 0.1) is 6.61 Å². The van der Waals surface area contributed by atoms with E-state index < -0.39 is 0 Å². The van der Waals surface area contributed by atoms with Gasteiger partial charge in [0.25, 0.3) is 0 Å². The highest BCUT2D eigenvalue weighted by molar-refractivity contribution is 4.67. The van der Waals surface area contributed by atoms with Crippen molar-refractivity contribution in [3.8, 4) is 0 Å². The number of rotatable bonds is 2. The average Bonchev–Trinajstić information content (AvgIpc) is 2.37. The summed E-state index contributed by atoms with van der Waals surface area (Å²) in [6.45, 7) is 6.31. The molecule has 0 spiro atoms. The van der Waals surface area contributed by atoms with E-state index in [4.69, 9.17) is 4.74 Å². The van der Waals surface area contributed by atoms with Gasteiger partial charge in [0, 0.05) is 6.54 Å². The van der Waals surface area contributed by atoms with Gasteiger partial charge < -0.3 is 4.74 Å². The van der Waals surface area contributed by atoms with E-state index in [1.807, 2.05) is 0 Å². The Morgan fingerprint density at radius 1 is 1.78 bits per heavy atom. The summed E-state index contributed by atoms with van der Waals surface area (Å²) >= 11 is 0. The minimum atomic E-state index is 0.329. The third-order valence-corrected chi connectivity index (χ3v) is 1.91. The second-order valence-electron chi connectivity index (χ2n) is 2.63. The number of hydrogen-bond acceptors (Lipinski definition) is 2. The summed E-state index contributed by atoms with van der Waals surface area (Å²) in [5.41, 5.74) is 0. The Morgan fingerprint density at radius 2 is 2.56 bits per heavy atom. The molecule has 9 heavy (non-hydrogen) atoms. The fourth-order valence-electron chi connectivity index (χ4n) is 1.03. The molecular weight excluding hydrogens is 114 g/mol. The SMILES string of the molecule is CCC(C)C1NCCO1. The fraction of sp³-hybridized carbons (Fsp3) is 1.00. The van der Waals surface area contributed by atoms with Crippen LogP contribution in [0.2, 0.25) is 0 Å². The maximum absolute atomic E-state index is 5.39. The van der Waals surface area contributed by atoms with Crippen LogP contribution in [0.1, 0.15) is 20.3 Å². The summed E-state index contributed by atoms with van der Waals surface area (Å²) in [6.07, 6.45) is 1.52. The van der Waals surface area contributed by atoms with Gasteiger partial charge in [-0.25, -0.2) is 0 Å². The molecule has 1 rings (SSSR count). The van der Waals surface area contributed by atoms with Gasteiger partial charge in [-0.15, -0.1) is 0 Å². The van der Waals surface area contributed by atoms with Gasteiger partial charge in [-0.1, -0.05) is 13.8 Å². The maximum atomic E-state index is 5.39. The summed E-state index contributed by atoms with van der Waals surface area (Å²) in [4.78, 5) is 0. The van der Waals surface area contributed by atoms with E-state index >= 15 is 0 Å². The number of ether oxygens (including phenoxy) is 1. The van der Waals surface area contributed by atoms with E-state index in [0.717, 1.165) is 13.2 Å². The van der Waals surface area contributed by atoms with Crippen LogP contribution in [0.5, 0.6) is 0 Å². The first-order valence-corrected chi connectivity index (χ1v) is 3.69. The van der Waals surface area contributed by atoms with Crippen LogP contribution in [0.15, 0.2) is 0 Å². The molecule has 1 aliphatic rings. The lowest BCUT2D eigenvalue weighted by Crippen LogP contribution is -2.29. The van der Waals surface area contributed by atoms with E-state index in [1.54, 1.807) is 0 Å². The predicted molar refractivity (Wildman–Crippen MR) is 37.2 cm³/mol. The summed E-state index contributed by atoms with van der Waals surface area (Å²) in [5, 5.41) is 3.29. The van der Waals surface area contributed by atoms with Crippen molar-refractivity contribution in [2.75, 3.05) is 13.2 Å². The molecule has 2 nitrogen and oxygen atoms in total. The molecule has 0 radical (unpaired) electrons. The van der Waals surface area contributed by atoms with Crippen molar-refractivity contribution in [1.29, 1.82) is 0 Å². The first kappa shape index (κ1) is 7.03. The maximum Gasteiger partial charge on any atom is 0.110 e. The van der Waals surface area contributed by atoms with Gasteiger partial charge in [-0.05, 0) is 12.3 Å². The number of hydrogen-bond donors (Lipinski definition) is 1. The van der Waals surface area contributed by atoms with Gasteiger partial charge >= 0.3 is 0 Å². The van der Waals surface area contributed by atoms with E-state index in [1.165, 1.54) is 6.42 Å². The molecule has 0 aliphatic carbocycles. The van der Waals surface area contributed by atoms with Crippen LogP contribution in [-0.4, -0.2) is 19.4 Å². The molecule has 1 heterocycles. The largest absolute Gasteiger partial charge is 0.362 e. The van der Waals surface area contributed by atoms with Crippen molar-refractivity contribution in [2.24, 2.45) is 5.92 Å². The Labute approximate surface area is 56.6 Å². The highest BCUT2D eigenvalue weighted by Crippen LogP contribution is 2.11. The summed E-state index contributed by atoms with van der Waals surface area (Å²) < 4.78 is 5.39. The molecule has 1 saturated heterocycles. The Morgan fingerprint density at radius 3 is 3.00 bits per heavy atom. The van der Waals surface area contributed by atoms with Crippen LogP contribution in [0.3, 0.4) is 0 Å². The fourth-order valence-corrected chi connectivity index (χ4v) is 1.03. The molecule has 2 unspecified atom stereocenters. The van der Waals surface area contributed by atoms with Crippen LogP contribution >= 0.6 is 0 Å². The van der Waals surface area contributed by atoms with Crippen LogP contribution in [0.25, 0.3) is 0 Å². The van der Waals surface area contributed by atoms with Crippen molar-refractivity contribution < 1.29 is 4.74 Å². The third kappa shape index (κ3) is 1.66. The molecule has 0 amide bonds. The van der Waals surface area contributed by atoms with Crippen molar-refractivity contribution in [1.82, 2.24) is 5.32 Å². The third-order valence-electron chi connectivity index (χ3n) is 1.91. The molecular formula is C7H15NO. The molecule has 0 aromatic carbocycles. The Balaban J connectivity index is 2.24. The zero-order valence-corrected chi connectivity index (χ0v) is 6.18. The monoisotopic (exact) mass is 129 g/mol. The number of nitrogens with one attached hydrogen (secondary N) is 1. The van der Waals surface area contributed by atoms with Crippen molar-refractivity contribution in [2.45, 2.75) is 26.5 Å². The molecule has 1 aliphatic heterocycles. The van der Waals surface area contributed by atoms with Crippen LogP contribution in [0.4, 0.5) is 0 Å². The molecule has 1 N–H and O–H groups in total. The minimum absolute atomic E-state index is 0.329.